The van der Waals surface area contributed by atoms with Crippen molar-refractivity contribution >= 4 is 63.0 Å². The molecule has 0 atom stereocenters. The number of nitrogens with two attached hydrogens (primary N) is 1. The van der Waals surface area contributed by atoms with E-state index in [1.165, 1.54) is 18.1 Å². The molecule has 2 saturated heterocycles. The second kappa shape index (κ2) is 13.7. The summed E-state index contributed by atoms with van der Waals surface area (Å²) in [6.45, 7) is 4.93. The average molecular weight is 642 g/mol. The number of aromatic carboxylic acids is 1. The molecule has 0 aliphatic carbocycles. The van der Waals surface area contributed by atoms with Gasteiger partial charge in [-0.05, 0) is 65.6 Å². The van der Waals surface area contributed by atoms with Crippen LogP contribution in [0.4, 0.5) is 5.82 Å². The monoisotopic (exact) mass is 641 g/mol. The maximum absolute atomic E-state index is 13.4. The first-order valence-corrected chi connectivity index (χ1v) is 15.7. The van der Waals surface area contributed by atoms with Crippen molar-refractivity contribution in [2.75, 3.05) is 51.7 Å². The Morgan fingerprint density at radius 3 is 2.64 bits per heavy atom. The largest absolute Gasteiger partial charge is 0.492 e. The van der Waals surface area contributed by atoms with Crippen molar-refractivity contribution in [3.63, 3.8) is 0 Å². The number of morpholine rings is 1. The molecule has 1 aromatic heterocycles. The standard InChI is InChI=1S/C33H31N5O5S2/c34-30-26-19-24(6-7-27(26)35-20-36-30)25-17-22(3-8-28(25)43-16-13-37-11-14-42-15-12-37)18-29-31(39)38(33(44)45-29)10-9-21-1-4-23(5-2-21)32(40)41/h1-8,17-20H,9-16H2,(H,40,41)(H2,34,35,36)/b29-18-. The fourth-order valence-electron chi connectivity index (χ4n) is 5.24. The Morgan fingerprint density at radius 1 is 1.07 bits per heavy atom. The van der Waals surface area contributed by atoms with Gasteiger partial charge in [0, 0.05) is 37.1 Å². The van der Waals surface area contributed by atoms with Gasteiger partial charge in [0.05, 0.1) is 29.2 Å². The van der Waals surface area contributed by atoms with Crippen LogP contribution in [0.1, 0.15) is 21.5 Å². The van der Waals surface area contributed by atoms with Crippen LogP contribution in [0, 0.1) is 0 Å². The average Bonchev–Trinajstić information content (AvgIpc) is 3.32. The van der Waals surface area contributed by atoms with Gasteiger partial charge >= 0.3 is 5.97 Å². The molecule has 2 aliphatic rings. The highest BCUT2D eigenvalue weighted by Crippen LogP contribution is 2.37. The topological polar surface area (TPSA) is 131 Å². The van der Waals surface area contributed by atoms with E-state index in [-0.39, 0.29) is 11.5 Å². The van der Waals surface area contributed by atoms with E-state index >= 15 is 0 Å². The normalized spacial score (nSPS) is 16.5. The number of fused-ring (bicyclic) bond motifs is 1. The van der Waals surface area contributed by atoms with Crippen molar-refractivity contribution in [2.24, 2.45) is 0 Å². The van der Waals surface area contributed by atoms with Crippen molar-refractivity contribution in [3.8, 4) is 16.9 Å². The molecule has 2 fully saturated rings. The fourth-order valence-corrected chi connectivity index (χ4v) is 6.55. The van der Waals surface area contributed by atoms with Crippen molar-refractivity contribution in [2.45, 2.75) is 6.42 Å². The lowest BCUT2D eigenvalue weighted by Gasteiger charge is -2.26. The molecule has 0 spiro atoms. The molecule has 230 valence electrons. The number of ether oxygens (including phenoxy) is 2. The van der Waals surface area contributed by atoms with Crippen LogP contribution in [0.25, 0.3) is 28.1 Å². The van der Waals surface area contributed by atoms with Crippen LogP contribution in [-0.2, 0) is 16.0 Å². The summed E-state index contributed by atoms with van der Waals surface area (Å²) in [4.78, 5) is 37.4. The number of hydrogen-bond donors (Lipinski definition) is 2. The summed E-state index contributed by atoms with van der Waals surface area (Å²) in [5.41, 5.74) is 10.6. The maximum Gasteiger partial charge on any atom is 0.335 e. The zero-order valence-corrected chi connectivity index (χ0v) is 26.0. The highest BCUT2D eigenvalue weighted by molar-refractivity contribution is 8.26. The molecule has 0 radical (unpaired) electrons. The highest BCUT2D eigenvalue weighted by atomic mass is 32.2. The minimum absolute atomic E-state index is 0.157. The lowest BCUT2D eigenvalue weighted by Crippen LogP contribution is -2.38. The number of carbonyl (C=O) groups is 2. The van der Waals surface area contributed by atoms with E-state index in [4.69, 9.17) is 32.5 Å². The van der Waals surface area contributed by atoms with Crippen LogP contribution in [0.3, 0.4) is 0 Å². The molecule has 10 nitrogen and oxygen atoms in total. The van der Waals surface area contributed by atoms with Crippen LogP contribution in [0.5, 0.6) is 5.75 Å². The Kier molecular flexibility index (Phi) is 9.36. The SMILES string of the molecule is Nc1ncnc2ccc(-c3cc(/C=C4\SC(=S)N(CCc5ccc(C(=O)O)cc5)C4=O)ccc3OCCN3CCOCC3)cc12. The summed E-state index contributed by atoms with van der Waals surface area (Å²) in [6.07, 6.45) is 3.85. The van der Waals surface area contributed by atoms with Gasteiger partial charge in [0.25, 0.3) is 5.91 Å². The molecule has 12 heteroatoms. The molecule has 6 rings (SSSR count). The Balaban J connectivity index is 1.23. The van der Waals surface area contributed by atoms with Gasteiger partial charge in [-0.15, -0.1) is 0 Å². The van der Waals surface area contributed by atoms with Gasteiger partial charge in [-0.2, -0.15) is 0 Å². The number of benzene rings is 3. The third-order valence-corrected chi connectivity index (χ3v) is 9.12. The van der Waals surface area contributed by atoms with Crippen LogP contribution < -0.4 is 10.5 Å². The lowest BCUT2D eigenvalue weighted by atomic mass is 10.00. The zero-order valence-electron chi connectivity index (χ0n) is 24.3. The number of rotatable bonds is 10. The van der Waals surface area contributed by atoms with E-state index in [1.54, 1.807) is 29.2 Å². The van der Waals surface area contributed by atoms with E-state index in [1.807, 2.05) is 42.5 Å². The second-order valence-corrected chi connectivity index (χ2v) is 12.3. The number of nitrogens with zero attached hydrogens (tertiary/aromatic N) is 4. The Morgan fingerprint density at radius 2 is 1.87 bits per heavy atom. The number of aromatic nitrogens is 2. The third kappa shape index (κ3) is 7.15. The number of anilines is 1. The molecule has 45 heavy (non-hydrogen) atoms. The number of thiocarbonyl (C=S) groups is 1. The maximum atomic E-state index is 13.4. The predicted molar refractivity (Wildman–Crippen MR) is 179 cm³/mol. The van der Waals surface area contributed by atoms with Crippen molar-refractivity contribution in [1.82, 2.24) is 19.8 Å². The van der Waals surface area contributed by atoms with Crippen molar-refractivity contribution in [3.05, 3.63) is 88.6 Å². The molecule has 1 amide bonds. The van der Waals surface area contributed by atoms with E-state index in [9.17, 15) is 9.59 Å². The van der Waals surface area contributed by atoms with E-state index < -0.39 is 5.97 Å². The minimum Gasteiger partial charge on any atom is -0.492 e. The van der Waals surface area contributed by atoms with Crippen LogP contribution in [-0.4, -0.2) is 87.1 Å². The Labute approximate surface area is 269 Å². The van der Waals surface area contributed by atoms with Gasteiger partial charge in [-0.25, -0.2) is 14.8 Å². The van der Waals surface area contributed by atoms with E-state index in [2.05, 4.69) is 14.9 Å². The first-order chi connectivity index (χ1) is 21.9. The van der Waals surface area contributed by atoms with Crippen LogP contribution >= 0.6 is 24.0 Å². The number of amides is 1. The number of hydrogen-bond acceptors (Lipinski definition) is 10. The number of carboxylic acid groups (broad SMARTS) is 1. The van der Waals surface area contributed by atoms with Crippen LogP contribution in [0.2, 0.25) is 0 Å². The summed E-state index contributed by atoms with van der Waals surface area (Å²) >= 11 is 6.83. The van der Waals surface area contributed by atoms with Crippen molar-refractivity contribution < 1.29 is 24.2 Å². The Hall–Kier alpha value is -4.36. The summed E-state index contributed by atoms with van der Waals surface area (Å²) < 4.78 is 12.3. The Bertz CT molecular complexity index is 1790. The third-order valence-electron chi connectivity index (χ3n) is 7.75. The van der Waals surface area contributed by atoms with Gasteiger partial charge in [0.1, 0.15) is 28.8 Å². The minimum atomic E-state index is -0.974. The van der Waals surface area contributed by atoms with Crippen molar-refractivity contribution in [1.29, 1.82) is 0 Å². The molecule has 3 N–H and O–H groups in total. The summed E-state index contributed by atoms with van der Waals surface area (Å²) in [5, 5.41) is 9.88. The number of nitrogen functional groups attached to an aromatic ring is 1. The molecule has 0 saturated carbocycles. The van der Waals surface area contributed by atoms with E-state index in [0.29, 0.717) is 34.6 Å². The number of carbonyl (C=O) groups excluding carboxylic acids is 1. The first-order valence-electron chi connectivity index (χ1n) is 14.5. The molecule has 3 aromatic carbocycles. The molecule has 4 aromatic rings. The molecule has 0 unspecified atom stereocenters. The van der Waals surface area contributed by atoms with Crippen LogP contribution in [0.15, 0.2) is 71.9 Å². The fraction of sp³-hybridized carbons (Fsp3) is 0.242. The quantitative estimate of drug-likeness (QED) is 0.184. The molecular formula is C33H31N5O5S2. The predicted octanol–water partition coefficient (Wildman–Crippen LogP) is 4.73. The molecule has 3 heterocycles. The number of thioether (sulfide) groups is 1. The number of carboxylic acids is 1. The molecule has 2 aliphatic heterocycles. The smallest absolute Gasteiger partial charge is 0.335 e. The summed E-state index contributed by atoms with van der Waals surface area (Å²) in [5.74, 6) is -0.0146. The van der Waals surface area contributed by atoms with Gasteiger partial charge < -0.3 is 20.3 Å². The lowest BCUT2D eigenvalue weighted by molar-refractivity contribution is -0.122. The molecule has 0 bridgehead atoms. The van der Waals surface area contributed by atoms with Gasteiger partial charge in [0.2, 0.25) is 0 Å². The second-order valence-electron chi connectivity index (χ2n) is 10.6. The first kappa shape index (κ1) is 30.7. The van der Waals surface area contributed by atoms with Gasteiger partial charge in [-0.3, -0.25) is 14.6 Å². The summed E-state index contributed by atoms with van der Waals surface area (Å²) in [7, 11) is 0. The zero-order chi connectivity index (χ0) is 31.3. The van der Waals surface area contributed by atoms with E-state index in [0.717, 1.165) is 71.8 Å². The van der Waals surface area contributed by atoms with Gasteiger partial charge in [-0.1, -0.05) is 48.2 Å². The molecular weight excluding hydrogens is 611 g/mol. The summed E-state index contributed by atoms with van der Waals surface area (Å²) in [6, 6.07) is 18.4. The van der Waals surface area contributed by atoms with Gasteiger partial charge in [0.15, 0.2) is 0 Å². The highest BCUT2D eigenvalue weighted by Gasteiger charge is 2.31.